The lowest BCUT2D eigenvalue weighted by atomic mass is 10.3. The van der Waals surface area contributed by atoms with Crippen LogP contribution in [0.1, 0.15) is 5.82 Å². The molecular weight excluding hydrogens is 318 g/mol. The molecule has 1 N–H and O–H groups in total. The number of azo groups is 1. The van der Waals surface area contributed by atoms with Crippen molar-refractivity contribution in [2.75, 3.05) is 5.32 Å². The van der Waals surface area contributed by atoms with Gasteiger partial charge >= 0.3 is 0 Å². The van der Waals surface area contributed by atoms with E-state index in [1.54, 1.807) is 30.3 Å². The van der Waals surface area contributed by atoms with Gasteiger partial charge in [0.1, 0.15) is 18.9 Å². The normalized spacial score (nSPS) is 10.5. The number of hydrogen-bond donors (Lipinski definition) is 1. The van der Waals surface area contributed by atoms with E-state index in [4.69, 9.17) is 5.26 Å². The predicted octanol–water partition coefficient (Wildman–Crippen LogP) is 3.20. The van der Waals surface area contributed by atoms with Crippen LogP contribution in [-0.2, 0) is 11.3 Å². The van der Waals surface area contributed by atoms with Crippen LogP contribution in [0.4, 0.5) is 17.1 Å². The van der Waals surface area contributed by atoms with Crippen molar-refractivity contribution in [1.82, 2.24) is 14.8 Å². The number of carbonyl (C=O) groups excluding carboxylic acids is 1. The number of nitrogens with zero attached hydrogens (tertiary/aromatic N) is 6. The van der Waals surface area contributed by atoms with Crippen LogP contribution >= 0.6 is 0 Å². The maximum atomic E-state index is 12.0. The van der Waals surface area contributed by atoms with E-state index in [0.717, 1.165) is 5.69 Å². The average Bonchev–Trinajstić information content (AvgIpc) is 3.09. The van der Waals surface area contributed by atoms with Crippen LogP contribution in [0.25, 0.3) is 0 Å². The minimum absolute atomic E-state index is 0.0237. The number of aromatic nitrogens is 3. The maximum Gasteiger partial charge on any atom is 0.252 e. The summed E-state index contributed by atoms with van der Waals surface area (Å²) in [5.41, 5.74) is 2.07. The van der Waals surface area contributed by atoms with Gasteiger partial charge in [0.25, 0.3) is 5.82 Å². The van der Waals surface area contributed by atoms with Crippen LogP contribution in [0, 0.1) is 11.3 Å². The van der Waals surface area contributed by atoms with Crippen molar-refractivity contribution in [1.29, 1.82) is 5.26 Å². The van der Waals surface area contributed by atoms with Crippen LogP contribution in [-0.4, -0.2) is 20.7 Å². The Hall–Kier alpha value is -3.86. The van der Waals surface area contributed by atoms with Gasteiger partial charge in [-0.2, -0.15) is 15.5 Å². The summed E-state index contributed by atoms with van der Waals surface area (Å²) in [6.07, 6.45) is 1.34. The van der Waals surface area contributed by atoms with Gasteiger partial charge in [-0.05, 0) is 36.4 Å². The summed E-state index contributed by atoms with van der Waals surface area (Å²) in [4.78, 5) is 15.7. The van der Waals surface area contributed by atoms with E-state index in [0.29, 0.717) is 11.4 Å². The summed E-state index contributed by atoms with van der Waals surface area (Å²) in [6, 6.07) is 18.2. The van der Waals surface area contributed by atoms with Crippen molar-refractivity contribution in [2.24, 2.45) is 10.2 Å². The molecule has 0 saturated carbocycles. The number of nitrogens with one attached hydrogen (secondary N) is 1. The minimum Gasteiger partial charge on any atom is -0.324 e. The Balaban J connectivity index is 1.57. The van der Waals surface area contributed by atoms with E-state index >= 15 is 0 Å². The fourth-order valence-electron chi connectivity index (χ4n) is 1.99. The molecule has 0 unspecified atom stereocenters. The quantitative estimate of drug-likeness (QED) is 0.724. The van der Waals surface area contributed by atoms with Crippen LogP contribution in [0.3, 0.4) is 0 Å². The van der Waals surface area contributed by atoms with Crippen molar-refractivity contribution in [2.45, 2.75) is 6.54 Å². The van der Waals surface area contributed by atoms with Crippen molar-refractivity contribution < 1.29 is 4.79 Å². The molecule has 0 aliphatic carbocycles. The molecule has 1 heterocycles. The van der Waals surface area contributed by atoms with Gasteiger partial charge in [-0.3, -0.25) is 4.79 Å². The molecule has 0 atom stereocenters. The minimum atomic E-state index is -0.270. The molecule has 0 radical (unpaired) electrons. The van der Waals surface area contributed by atoms with Crippen LogP contribution in [0.15, 0.2) is 71.2 Å². The lowest BCUT2D eigenvalue weighted by molar-refractivity contribution is -0.116. The second kappa shape index (κ2) is 7.61. The molecule has 3 aromatic rings. The monoisotopic (exact) mass is 331 g/mol. The van der Waals surface area contributed by atoms with Gasteiger partial charge in [0.2, 0.25) is 5.91 Å². The zero-order valence-corrected chi connectivity index (χ0v) is 13.1. The predicted molar refractivity (Wildman–Crippen MR) is 90.4 cm³/mol. The van der Waals surface area contributed by atoms with E-state index < -0.39 is 0 Å². The summed E-state index contributed by atoms with van der Waals surface area (Å²) < 4.78 is 1.30. The fraction of sp³-hybridized carbons (Fsp3) is 0.0588. The van der Waals surface area contributed by atoms with Gasteiger partial charge < -0.3 is 5.32 Å². The fourth-order valence-corrected chi connectivity index (χ4v) is 1.99. The highest BCUT2D eigenvalue weighted by Gasteiger charge is 2.06. The number of nitriles is 1. The number of anilines is 1. The molecule has 0 saturated heterocycles. The Morgan fingerprint density at radius 1 is 1.08 bits per heavy atom. The largest absolute Gasteiger partial charge is 0.324 e. The third kappa shape index (κ3) is 4.56. The zero-order chi connectivity index (χ0) is 17.5. The topological polar surface area (TPSA) is 108 Å². The molecule has 0 aliphatic rings. The second-order valence-corrected chi connectivity index (χ2v) is 5.01. The molecular formula is C17H13N7O. The molecule has 0 aliphatic heterocycles. The first-order valence-electron chi connectivity index (χ1n) is 7.39. The van der Waals surface area contributed by atoms with Gasteiger partial charge in [-0.1, -0.05) is 18.2 Å². The van der Waals surface area contributed by atoms with Crippen molar-refractivity contribution in [3.05, 3.63) is 66.7 Å². The lowest BCUT2D eigenvalue weighted by Gasteiger charge is -2.05. The van der Waals surface area contributed by atoms with Crippen molar-refractivity contribution in [3.63, 3.8) is 0 Å². The van der Waals surface area contributed by atoms with Gasteiger partial charge in [-0.15, -0.1) is 5.10 Å². The summed E-state index contributed by atoms with van der Waals surface area (Å²) in [5.74, 6) is -0.242. The third-order valence-electron chi connectivity index (χ3n) is 3.13. The molecule has 8 heteroatoms. The highest BCUT2D eigenvalue weighted by atomic mass is 16.2. The van der Waals surface area contributed by atoms with Gasteiger partial charge in [0, 0.05) is 5.69 Å². The Morgan fingerprint density at radius 3 is 2.40 bits per heavy atom. The SMILES string of the molecule is N#Cc1ncn(CC(=O)Nc2ccc(N=Nc3ccccc3)cc2)n1. The standard InChI is InChI=1S/C17H13N7O/c18-10-16-19-12-24(23-16)11-17(25)20-13-6-8-15(9-7-13)22-21-14-4-2-1-3-5-14/h1-9,12H,11H2,(H,20,25). The summed E-state index contributed by atoms with van der Waals surface area (Å²) in [7, 11) is 0. The Labute approximate surface area is 143 Å². The Morgan fingerprint density at radius 2 is 1.76 bits per heavy atom. The van der Waals surface area contributed by atoms with Gasteiger partial charge in [0.15, 0.2) is 0 Å². The average molecular weight is 331 g/mol. The molecule has 3 rings (SSSR count). The first kappa shape index (κ1) is 16.0. The number of benzene rings is 2. The van der Waals surface area contributed by atoms with Gasteiger partial charge in [0.05, 0.1) is 11.4 Å². The van der Waals surface area contributed by atoms with Crippen molar-refractivity contribution >= 4 is 23.0 Å². The smallest absolute Gasteiger partial charge is 0.252 e. The van der Waals surface area contributed by atoms with E-state index in [2.05, 4.69) is 25.6 Å². The summed E-state index contributed by atoms with van der Waals surface area (Å²) in [6.45, 7) is -0.0237. The first-order valence-corrected chi connectivity index (χ1v) is 7.39. The number of amides is 1. The van der Waals surface area contributed by atoms with Crippen LogP contribution in [0.5, 0.6) is 0 Å². The summed E-state index contributed by atoms with van der Waals surface area (Å²) in [5, 5.41) is 23.5. The van der Waals surface area contributed by atoms with Crippen molar-refractivity contribution in [3.8, 4) is 6.07 Å². The maximum absolute atomic E-state index is 12.0. The molecule has 25 heavy (non-hydrogen) atoms. The Bertz CT molecular complexity index is 924. The number of carbonyl (C=O) groups is 1. The third-order valence-corrected chi connectivity index (χ3v) is 3.13. The molecule has 0 fully saturated rings. The number of hydrogen-bond acceptors (Lipinski definition) is 6. The molecule has 2 aromatic carbocycles. The highest BCUT2D eigenvalue weighted by molar-refractivity contribution is 5.90. The van der Waals surface area contributed by atoms with E-state index in [-0.39, 0.29) is 18.3 Å². The van der Waals surface area contributed by atoms with E-state index in [1.807, 2.05) is 30.3 Å². The van der Waals surface area contributed by atoms with E-state index in [9.17, 15) is 4.79 Å². The Kier molecular flexibility index (Phi) is 4.87. The molecule has 1 aromatic heterocycles. The van der Waals surface area contributed by atoms with Crippen LogP contribution in [0.2, 0.25) is 0 Å². The molecule has 0 bridgehead atoms. The lowest BCUT2D eigenvalue weighted by Crippen LogP contribution is -2.19. The number of rotatable bonds is 5. The van der Waals surface area contributed by atoms with Crippen LogP contribution < -0.4 is 5.32 Å². The van der Waals surface area contributed by atoms with Gasteiger partial charge in [-0.25, -0.2) is 9.67 Å². The molecule has 122 valence electrons. The summed E-state index contributed by atoms with van der Waals surface area (Å²) >= 11 is 0. The molecule has 1 amide bonds. The van der Waals surface area contributed by atoms with E-state index in [1.165, 1.54) is 11.0 Å². The first-order chi connectivity index (χ1) is 12.2. The molecule has 8 nitrogen and oxygen atoms in total. The zero-order valence-electron chi connectivity index (χ0n) is 13.1. The second-order valence-electron chi connectivity index (χ2n) is 5.01. The highest BCUT2D eigenvalue weighted by Crippen LogP contribution is 2.20. The molecule has 0 spiro atoms.